The number of nitrogens with zero attached hydrogens (tertiary/aromatic N) is 4. The van der Waals surface area contributed by atoms with E-state index in [1.165, 1.54) is 0 Å². The summed E-state index contributed by atoms with van der Waals surface area (Å²) in [6.45, 7) is 0. The molecule has 8 heteroatoms. The number of ether oxygens (including phenoxy) is 1. The third kappa shape index (κ3) is 2.59. The Morgan fingerprint density at radius 2 is 2.05 bits per heavy atom. The lowest BCUT2D eigenvalue weighted by atomic mass is 10.2. The lowest BCUT2D eigenvalue weighted by molar-refractivity contribution is 0.415. The number of halogens is 2. The number of nitrogens with one attached hydrogen (secondary N) is 1. The molecule has 0 saturated heterocycles. The summed E-state index contributed by atoms with van der Waals surface area (Å²) in [6.07, 6.45) is 3.49. The lowest BCUT2D eigenvalue weighted by Gasteiger charge is -2.11. The standard InChI is InChI=1S/C13H11Cl2N5O/c1-20-6-7(5-16-20)17-12-10-8(18-13(15)19-12)3-4-9(21-2)11(10)14/h3-6H,1-2H3,(H,17,18,19). The molecule has 1 N–H and O–H groups in total. The van der Waals surface area contributed by atoms with Crippen LogP contribution in [0.15, 0.2) is 24.5 Å². The van der Waals surface area contributed by atoms with Crippen LogP contribution in [0.2, 0.25) is 10.3 Å². The molecule has 21 heavy (non-hydrogen) atoms. The highest BCUT2D eigenvalue weighted by Gasteiger charge is 2.14. The predicted molar refractivity (Wildman–Crippen MR) is 82.6 cm³/mol. The summed E-state index contributed by atoms with van der Waals surface area (Å²) in [5, 5.41) is 8.44. The number of hydrogen-bond donors (Lipinski definition) is 1. The van der Waals surface area contributed by atoms with Crippen molar-refractivity contribution in [2.45, 2.75) is 0 Å². The van der Waals surface area contributed by atoms with Gasteiger partial charge in [0.25, 0.3) is 0 Å². The first-order chi connectivity index (χ1) is 10.1. The van der Waals surface area contributed by atoms with Gasteiger partial charge in [-0.05, 0) is 23.7 Å². The van der Waals surface area contributed by atoms with E-state index < -0.39 is 0 Å². The van der Waals surface area contributed by atoms with Gasteiger partial charge in [0.2, 0.25) is 5.28 Å². The molecule has 0 radical (unpaired) electrons. The number of anilines is 2. The van der Waals surface area contributed by atoms with Crippen molar-refractivity contribution in [3.8, 4) is 5.75 Å². The zero-order valence-electron chi connectivity index (χ0n) is 11.3. The van der Waals surface area contributed by atoms with Gasteiger partial charge in [-0.25, -0.2) is 4.98 Å². The molecule has 0 aliphatic rings. The third-order valence-corrected chi connectivity index (χ3v) is 3.47. The Morgan fingerprint density at radius 1 is 1.24 bits per heavy atom. The minimum atomic E-state index is 0.134. The lowest BCUT2D eigenvalue weighted by Crippen LogP contribution is -1.98. The molecule has 0 unspecified atom stereocenters. The normalized spacial score (nSPS) is 10.9. The van der Waals surface area contributed by atoms with Gasteiger partial charge in [-0.15, -0.1) is 0 Å². The molecule has 0 saturated carbocycles. The molecule has 1 aromatic carbocycles. The molecule has 0 spiro atoms. The predicted octanol–water partition coefficient (Wildman–Crippen LogP) is 3.42. The number of hydrogen-bond acceptors (Lipinski definition) is 5. The van der Waals surface area contributed by atoms with E-state index in [9.17, 15) is 0 Å². The van der Waals surface area contributed by atoms with Gasteiger partial charge in [0, 0.05) is 13.2 Å². The van der Waals surface area contributed by atoms with Crippen LogP contribution in [0.3, 0.4) is 0 Å². The van der Waals surface area contributed by atoms with E-state index in [-0.39, 0.29) is 5.28 Å². The van der Waals surface area contributed by atoms with Gasteiger partial charge in [0.15, 0.2) is 0 Å². The SMILES string of the molecule is COc1ccc2nc(Cl)nc(Nc3cnn(C)c3)c2c1Cl. The molecule has 108 valence electrons. The number of methoxy groups -OCH3 is 1. The molecule has 3 aromatic rings. The molecular weight excluding hydrogens is 313 g/mol. The van der Waals surface area contributed by atoms with E-state index >= 15 is 0 Å². The molecule has 2 aromatic heterocycles. The number of rotatable bonds is 3. The molecule has 0 bridgehead atoms. The highest BCUT2D eigenvalue weighted by molar-refractivity contribution is 6.38. The van der Waals surface area contributed by atoms with Crippen molar-refractivity contribution in [3.05, 3.63) is 34.8 Å². The Bertz CT molecular complexity index is 818. The van der Waals surface area contributed by atoms with E-state index in [0.717, 1.165) is 5.69 Å². The molecule has 0 amide bonds. The summed E-state index contributed by atoms with van der Waals surface area (Å²) in [7, 11) is 3.38. The largest absolute Gasteiger partial charge is 0.495 e. The second-order valence-corrected chi connectivity index (χ2v) is 5.06. The van der Waals surface area contributed by atoms with E-state index in [2.05, 4.69) is 20.4 Å². The minimum absolute atomic E-state index is 0.134. The Labute approximate surface area is 130 Å². The van der Waals surface area contributed by atoms with E-state index in [4.69, 9.17) is 27.9 Å². The third-order valence-electron chi connectivity index (χ3n) is 2.93. The molecule has 3 rings (SSSR count). The van der Waals surface area contributed by atoms with Crippen molar-refractivity contribution in [1.29, 1.82) is 0 Å². The fraction of sp³-hybridized carbons (Fsp3) is 0.154. The van der Waals surface area contributed by atoms with Crippen LogP contribution in [0, 0.1) is 0 Å². The van der Waals surface area contributed by atoms with E-state index in [1.807, 2.05) is 13.2 Å². The first kappa shape index (κ1) is 13.9. The molecule has 2 heterocycles. The molecule has 6 nitrogen and oxygen atoms in total. The van der Waals surface area contributed by atoms with Crippen LogP contribution in [0.25, 0.3) is 10.9 Å². The first-order valence-corrected chi connectivity index (χ1v) is 6.79. The summed E-state index contributed by atoms with van der Waals surface area (Å²) >= 11 is 12.3. The maximum atomic E-state index is 6.36. The second-order valence-electron chi connectivity index (χ2n) is 4.34. The van der Waals surface area contributed by atoms with Gasteiger partial charge in [-0.2, -0.15) is 10.1 Å². The van der Waals surface area contributed by atoms with E-state index in [1.54, 1.807) is 30.1 Å². The van der Waals surface area contributed by atoms with Crippen molar-refractivity contribution >= 4 is 45.6 Å². The van der Waals surface area contributed by atoms with Gasteiger partial charge in [0.05, 0.1) is 34.9 Å². The van der Waals surface area contributed by atoms with Gasteiger partial charge in [0.1, 0.15) is 11.6 Å². The van der Waals surface area contributed by atoms with Crippen molar-refractivity contribution in [1.82, 2.24) is 19.7 Å². The zero-order chi connectivity index (χ0) is 15.0. The molecular formula is C13H11Cl2N5O. The summed E-state index contributed by atoms with van der Waals surface area (Å²) in [5.74, 6) is 1.05. The summed E-state index contributed by atoms with van der Waals surface area (Å²) in [5.41, 5.74) is 1.40. The monoisotopic (exact) mass is 323 g/mol. The topological polar surface area (TPSA) is 64.9 Å². The minimum Gasteiger partial charge on any atom is -0.495 e. The van der Waals surface area contributed by atoms with Gasteiger partial charge in [-0.1, -0.05) is 11.6 Å². The first-order valence-electron chi connectivity index (χ1n) is 6.04. The highest BCUT2D eigenvalue weighted by atomic mass is 35.5. The van der Waals surface area contributed by atoms with Crippen LogP contribution < -0.4 is 10.1 Å². The number of fused-ring (bicyclic) bond motifs is 1. The highest BCUT2D eigenvalue weighted by Crippen LogP contribution is 2.37. The Kier molecular flexibility index (Phi) is 3.57. The number of aryl methyl sites for hydroxylation is 1. The summed E-state index contributed by atoms with van der Waals surface area (Å²) in [4.78, 5) is 8.38. The van der Waals surface area contributed by atoms with Crippen LogP contribution in [0.5, 0.6) is 5.75 Å². The molecule has 0 aliphatic carbocycles. The van der Waals surface area contributed by atoms with Crippen molar-refractivity contribution in [2.24, 2.45) is 7.05 Å². The maximum absolute atomic E-state index is 6.36. The summed E-state index contributed by atoms with van der Waals surface area (Å²) < 4.78 is 6.90. The second kappa shape index (κ2) is 5.38. The van der Waals surface area contributed by atoms with Gasteiger partial charge in [-0.3, -0.25) is 4.68 Å². The van der Waals surface area contributed by atoms with E-state index in [0.29, 0.717) is 27.5 Å². The Hall–Kier alpha value is -2.05. The molecule has 0 atom stereocenters. The van der Waals surface area contributed by atoms with Gasteiger partial charge >= 0.3 is 0 Å². The Morgan fingerprint density at radius 3 is 2.71 bits per heavy atom. The van der Waals surface area contributed by atoms with Crippen LogP contribution in [0.1, 0.15) is 0 Å². The quantitative estimate of drug-likeness (QED) is 0.748. The number of benzene rings is 1. The van der Waals surface area contributed by atoms with Crippen LogP contribution >= 0.6 is 23.2 Å². The fourth-order valence-corrected chi connectivity index (χ4v) is 2.51. The molecule has 0 aliphatic heterocycles. The number of aromatic nitrogens is 4. The summed E-state index contributed by atoms with van der Waals surface area (Å²) in [6, 6.07) is 3.52. The zero-order valence-corrected chi connectivity index (χ0v) is 12.8. The molecule has 0 fully saturated rings. The Balaban J connectivity index is 2.19. The fourth-order valence-electron chi connectivity index (χ4n) is 2.01. The van der Waals surface area contributed by atoms with Crippen LogP contribution in [0.4, 0.5) is 11.5 Å². The van der Waals surface area contributed by atoms with Crippen molar-refractivity contribution in [3.63, 3.8) is 0 Å². The van der Waals surface area contributed by atoms with Crippen molar-refractivity contribution in [2.75, 3.05) is 12.4 Å². The smallest absolute Gasteiger partial charge is 0.224 e. The van der Waals surface area contributed by atoms with Crippen molar-refractivity contribution < 1.29 is 4.74 Å². The average Bonchev–Trinajstić information content (AvgIpc) is 2.84. The van der Waals surface area contributed by atoms with Crippen LogP contribution in [-0.2, 0) is 7.05 Å². The maximum Gasteiger partial charge on any atom is 0.224 e. The average molecular weight is 324 g/mol. The van der Waals surface area contributed by atoms with Gasteiger partial charge < -0.3 is 10.1 Å². The van der Waals surface area contributed by atoms with Crippen LogP contribution in [-0.4, -0.2) is 26.9 Å².